The normalized spacial score (nSPS) is 14.3. The summed E-state index contributed by atoms with van der Waals surface area (Å²) in [5.74, 6) is 1.12. The van der Waals surface area contributed by atoms with Gasteiger partial charge in [0.1, 0.15) is 0 Å². The van der Waals surface area contributed by atoms with Crippen LogP contribution in [0.5, 0.6) is 5.88 Å². The lowest BCUT2D eigenvalue weighted by atomic mass is 10.0. The molecular formula is C21H21ClN4O3. The van der Waals surface area contributed by atoms with Gasteiger partial charge in [-0.15, -0.1) is 0 Å². The first-order valence-corrected chi connectivity index (χ1v) is 9.84. The molecule has 1 fully saturated rings. The molecule has 0 unspecified atom stereocenters. The van der Waals surface area contributed by atoms with Gasteiger partial charge >= 0.3 is 0 Å². The van der Waals surface area contributed by atoms with E-state index in [1.807, 2.05) is 6.07 Å². The molecule has 8 heteroatoms. The second kappa shape index (κ2) is 7.83. The van der Waals surface area contributed by atoms with Crippen molar-refractivity contribution in [2.45, 2.75) is 38.5 Å². The van der Waals surface area contributed by atoms with Crippen molar-refractivity contribution in [1.82, 2.24) is 15.1 Å². The first kappa shape index (κ1) is 19.4. The van der Waals surface area contributed by atoms with Crippen molar-refractivity contribution < 1.29 is 14.1 Å². The lowest BCUT2D eigenvalue weighted by molar-refractivity contribution is 0.1000. The van der Waals surface area contributed by atoms with E-state index in [0.29, 0.717) is 40.2 Å². The van der Waals surface area contributed by atoms with Crippen LogP contribution in [-0.4, -0.2) is 28.1 Å². The van der Waals surface area contributed by atoms with Crippen molar-refractivity contribution in [2.75, 3.05) is 7.11 Å². The van der Waals surface area contributed by atoms with Crippen molar-refractivity contribution in [3.63, 3.8) is 0 Å². The van der Waals surface area contributed by atoms with E-state index in [4.69, 9.17) is 26.6 Å². The van der Waals surface area contributed by atoms with Gasteiger partial charge < -0.3 is 15.0 Å². The van der Waals surface area contributed by atoms with Gasteiger partial charge in [-0.1, -0.05) is 29.6 Å². The number of pyridine rings is 1. The van der Waals surface area contributed by atoms with E-state index in [-0.39, 0.29) is 5.02 Å². The van der Waals surface area contributed by atoms with Gasteiger partial charge in [0.25, 0.3) is 5.89 Å². The Labute approximate surface area is 173 Å². The monoisotopic (exact) mass is 412 g/mol. The van der Waals surface area contributed by atoms with Crippen LogP contribution in [0.1, 0.15) is 53.2 Å². The number of ether oxygens (including phenoxy) is 1. The van der Waals surface area contributed by atoms with Gasteiger partial charge in [0.2, 0.25) is 17.6 Å². The number of carbonyl (C=O) groups is 1. The third-order valence-electron chi connectivity index (χ3n) is 5.27. The smallest absolute Gasteiger partial charge is 0.258 e. The third-order valence-corrected chi connectivity index (χ3v) is 5.57. The first-order chi connectivity index (χ1) is 14.0. The summed E-state index contributed by atoms with van der Waals surface area (Å²) in [6, 6.07) is 7.15. The Bertz CT molecular complexity index is 1050. The van der Waals surface area contributed by atoms with Crippen LogP contribution in [-0.2, 0) is 0 Å². The average Bonchev–Trinajstić information content (AvgIpc) is 3.39. The summed E-state index contributed by atoms with van der Waals surface area (Å²) < 4.78 is 10.9. The summed E-state index contributed by atoms with van der Waals surface area (Å²) in [5, 5.41) is 4.34. The van der Waals surface area contributed by atoms with Gasteiger partial charge in [-0.3, -0.25) is 4.79 Å². The highest BCUT2D eigenvalue weighted by Crippen LogP contribution is 2.36. The molecule has 0 bridgehead atoms. The minimum atomic E-state index is -0.573. The van der Waals surface area contributed by atoms with E-state index in [2.05, 4.69) is 15.1 Å². The average molecular weight is 413 g/mol. The maximum absolute atomic E-state index is 11.6. The Balaban J connectivity index is 1.71. The maximum atomic E-state index is 11.6. The minimum absolute atomic E-state index is 0.257. The fourth-order valence-electron chi connectivity index (χ4n) is 3.83. The van der Waals surface area contributed by atoms with Crippen molar-refractivity contribution in [1.29, 1.82) is 0 Å². The van der Waals surface area contributed by atoms with Crippen LogP contribution in [0.2, 0.25) is 5.02 Å². The van der Waals surface area contributed by atoms with Gasteiger partial charge in [-0.25, -0.2) is 4.98 Å². The number of hydrogen-bond donors (Lipinski definition) is 1. The SMILES string of the molecule is COc1cc(-c2nc(-c3cc(C)c(C(N)=O)c(Cl)c3)no2)cc(C2CCCC2)n1. The van der Waals surface area contributed by atoms with E-state index in [1.165, 1.54) is 12.8 Å². The van der Waals surface area contributed by atoms with Gasteiger partial charge in [-0.2, -0.15) is 4.98 Å². The fraction of sp³-hybridized carbons (Fsp3) is 0.333. The molecule has 0 aliphatic heterocycles. The number of rotatable bonds is 5. The fourth-order valence-corrected chi connectivity index (χ4v) is 4.19. The molecule has 1 amide bonds. The van der Waals surface area contributed by atoms with Crippen LogP contribution in [0.25, 0.3) is 22.8 Å². The number of amides is 1. The second-order valence-electron chi connectivity index (χ2n) is 7.24. The second-order valence-corrected chi connectivity index (χ2v) is 7.65. The molecule has 0 spiro atoms. The van der Waals surface area contributed by atoms with E-state index in [9.17, 15) is 4.79 Å². The largest absolute Gasteiger partial charge is 0.481 e. The summed E-state index contributed by atoms with van der Waals surface area (Å²) in [5.41, 5.74) is 8.72. The number of aromatic nitrogens is 3. The third kappa shape index (κ3) is 3.82. The maximum Gasteiger partial charge on any atom is 0.258 e. The number of hydrogen-bond acceptors (Lipinski definition) is 6. The van der Waals surface area contributed by atoms with Crippen LogP contribution in [0.4, 0.5) is 0 Å². The molecule has 1 aromatic carbocycles. The predicted octanol–water partition coefficient (Wildman–Crippen LogP) is 4.53. The lowest BCUT2D eigenvalue weighted by Crippen LogP contribution is -2.13. The van der Waals surface area contributed by atoms with Gasteiger partial charge in [0.15, 0.2) is 0 Å². The molecule has 0 atom stereocenters. The topological polar surface area (TPSA) is 104 Å². The van der Waals surface area contributed by atoms with E-state index >= 15 is 0 Å². The zero-order chi connectivity index (χ0) is 20.5. The highest BCUT2D eigenvalue weighted by atomic mass is 35.5. The Morgan fingerprint density at radius 2 is 1.93 bits per heavy atom. The van der Waals surface area contributed by atoms with E-state index in [1.54, 1.807) is 32.2 Å². The van der Waals surface area contributed by atoms with Crippen molar-refractivity contribution >= 4 is 17.5 Å². The summed E-state index contributed by atoms with van der Waals surface area (Å²) in [6.45, 7) is 1.76. The van der Waals surface area contributed by atoms with Crippen LogP contribution < -0.4 is 10.5 Å². The van der Waals surface area contributed by atoms with E-state index in [0.717, 1.165) is 24.1 Å². The number of halogens is 1. The number of primary amides is 1. The molecule has 0 saturated heterocycles. The van der Waals surface area contributed by atoms with Crippen molar-refractivity contribution in [2.24, 2.45) is 5.73 Å². The molecule has 1 saturated carbocycles. The molecule has 0 radical (unpaired) electrons. The van der Waals surface area contributed by atoms with Crippen LogP contribution in [0.3, 0.4) is 0 Å². The Morgan fingerprint density at radius 1 is 1.17 bits per heavy atom. The number of methoxy groups -OCH3 is 1. The van der Waals surface area contributed by atoms with Crippen LogP contribution >= 0.6 is 11.6 Å². The molecule has 4 rings (SSSR count). The highest BCUT2D eigenvalue weighted by Gasteiger charge is 2.22. The van der Waals surface area contributed by atoms with Crippen molar-refractivity contribution in [3.8, 4) is 28.7 Å². The minimum Gasteiger partial charge on any atom is -0.481 e. The first-order valence-electron chi connectivity index (χ1n) is 9.46. The van der Waals surface area contributed by atoms with Gasteiger partial charge in [0, 0.05) is 28.8 Å². The zero-order valence-corrected chi connectivity index (χ0v) is 17.0. The Kier molecular flexibility index (Phi) is 5.24. The molecule has 3 aromatic rings. The zero-order valence-electron chi connectivity index (χ0n) is 16.2. The summed E-state index contributed by atoms with van der Waals surface area (Å²) in [6.07, 6.45) is 4.67. The van der Waals surface area contributed by atoms with Crippen LogP contribution in [0, 0.1) is 6.92 Å². The summed E-state index contributed by atoms with van der Waals surface area (Å²) >= 11 is 6.22. The summed E-state index contributed by atoms with van der Waals surface area (Å²) in [7, 11) is 1.59. The molecule has 150 valence electrons. The molecule has 2 aromatic heterocycles. The molecule has 1 aliphatic rings. The quantitative estimate of drug-likeness (QED) is 0.660. The molecule has 1 aliphatic carbocycles. The molecule has 2 N–H and O–H groups in total. The Hall–Kier alpha value is -2.93. The summed E-state index contributed by atoms with van der Waals surface area (Å²) in [4.78, 5) is 20.7. The van der Waals surface area contributed by atoms with Crippen molar-refractivity contribution in [3.05, 3.63) is 46.1 Å². The number of benzene rings is 1. The number of aryl methyl sites for hydroxylation is 1. The van der Waals surface area contributed by atoms with Gasteiger partial charge in [0.05, 0.1) is 17.7 Å². The van der Waals surface area contributed by atoms with Gasteiger partial charge in [-0.05, 0) is 43.5 Å². The molecule has 2 heterocycles. The highest BCUT2D eigenvalue weighted by molar-refractivity contribution is 6.34. The lowest BCUT2D eigenvalue weighted by Gasteiger charge is -2.11. The number of nitrogens with two attached hydrogens (primary N) is 1. The number of carbonyl (C=O) groups excluding carboxylic acids is 1. The molecular weight excluding hydrogens is 392 g/mol. The standard InChI is InChI=1S/C21H21ClN4O3/c1-11-7-13(8-15(22)18(11)19(23)27)20-25-21(29-26-20)14-9-16(12-5-3-4-6-12)24-17(10-14)28-2/h7-10,12H,3-6H2,1-2H3,(H2,23,27). The molecule has 29 heavy (non-hydrogen) atoms. The number of nitrogens with zero attached hydrogens (tertiary/aromatic N) is 3. The molecule has 7 nitrogen and oxygen atoms in total. The van der Waals surface area contributed by atoms with Crippen LogP contribution in [0.15, 0.2) is 28.8 Å². The Morgan fingerprint density at radius 3 is 2.59 bits per heavy atom. The predicted molar refractivity (Wildman–Crippen MR) is 109 cm³/mol. The van der Waals surface area contributed by atoms with E-state index < -0.39 is 5.91 Å².